The van der Waals surface area contributed by atoms with Crippen LogP contribution in [0.3, 0.4) is 0 Å². The lowest BCUT2D eigenvalue weighted by atomic mass is 9.97. The van der Waals surface area contributed by atoms with Gasteiger partial charge in [0, 0.05) is 13.2 Å². The fraction of sp³-hybridized carbons (Fsp3) is 0.294. The molecule has 0 amide bonds. The van der Waals surface area contributed by atoms with Gasteiger partial charge in [-0.2, -0.15) is 0 Å². The lowest BCUT2D eigenvalue weighted by molar-refractivity contribution is 0.225. The minimum absolute atomic E-state index is 0.0725. The number of halogens is 1. The first kappa shape index (κ1) is 14.7. The van der Waals surface area contributed by atoms with Crippen LogP contribution in [-0.2, 0) is 0 Å². The zero-order chi connectivity index (χ0) is 14.4. The van der Waals surface area contributed by atoms with Crippen molar-refractivity contribution in [1.82, 2.24) is 4.90 Å². The predicted molar refractivity (Wildman–Crippen MR) is 79.0 cm³/mol. The second-order valence-corrected chi connectivity index (χ2v) is 4.92. The summed E-state index contributed by atoms with van der Waals surface area (Å²) in [6, 6.07) is 16.8. The first-order valence-corrected chi connectivity index (χ1v) is 6.84. The maximum absolute atomic E-state index is 13.1. The maximum atomic E-state index is 13.1. The fourth-order valence-electron chi connectivity index (χ4n) is 2.43. The largest absolute Gasteiger partial charge is 0.396 e. The van der Waals surface area contributed by atoms with E-state index >= 15 is 0 Å². The summed E-state index contributed by atoms with van der Waals surface area (Å²) >= 11 is 0. The molecule has 0 bridgehead atoms. The molecule has 20 heavy (non-hydrogen) atoms. The van der Waals surface area contributed by atoms with Gasteiger partial charge in [-0.1, -0.05) is 42.5 Å². The molecule has 0 aliphatic rings. The topological polar surface area (TPSA) is 23.5 Å². The van der Waals surface area contributed by atoms with E-state index in [0.717, 1.165) is 18.5 Å². The SMILES string of the molecule is CN(CCCO)C(c1ccccc1)c1ccc(F)cc1. The van der Waals surface area contributed by atoms with Crippen LogP contribution < -0.4 is 0 Å². The van der Waals surface area contributed by atoms with E-state index in [0.29, 0.717) is 0 Å². The third-order valence-corrected chi connectivity index (χ3v) is 3.41. The van der Waals surface area contributed by atoms with Crippen molar-refractivity contribution in [2.45, 2.75) is 12.5 Å². The van der Waals surface area contributed by atoms with E-state index in [1.165, 1.54) is 17.7 Å². The van der Waals surface area contributed by atoms with Crippen LogP contribution in [0.4, 0.5) is 4.39 Å². The molecule has 0 aromatic heterocycles. The van der Waals surface area contributed by atoms with Crippen molar-refractivity contribution in [3.63, 3.8) is 0 Å². The average Bonchev–Trinajstić information content (AvgIpc) is 2.48. The quantitative estimate of drug-likeness (QED) is 0.873. The summed E-state index contributed by atoms with van der Waals surface area (Å²) in [6.07, 6.45) is 0.723. The van der Waals surface area contributed by atoms with E-state index < -0.39 is 0 Å². The van der Waals surface area contributed by atoms with Crippen LogP contribution >= 0.6 is 0 Å². The van der Waals surface area contributed by atoms with E-state index in [4.69, 9.17) is 5.11 Å². The highest BCUT2D eigenvalue weighted by Crippen LogP contribution is 2.27. The molecule has 0 fully saturated rings. The average molecular weight is 273 g/mol. The zero-order valence-electron chi connectivity index (χ0n) is 11.7. The maximum Gasteiger partial charge on any atom is 0.123 e. The van der Waals surface area contributed by atoms with Crippen LogP contribution in [0, 0.1) is 5.82 Å². The molecule has 0 heterocycles. The van der Waals surface area contributed by atoms with Crippen LogP contribution in [0.25, 0.3) is 0 Å². The number of hydrogen-bond acceptors (Lipinski definition) is 2. The molecule has 2 rings (SSSR count). The Hall–Kier alpha value is -1.71. The number of hydrogen-bond donors (Lipinski definition) is 1. The minimum Gasteiger partial charge on any atom is -0.396 e. The van der Waals surface area contributed by atoms with Crippen LogP contribution in [0.15, 0.2) is 54.6 Å². The van der Waals surface area contributed by atoms with E-state index in [-0.39, 0.29) is 18.5 Å². The Morgan fingerprint density at radius 1 is 1.00 bits per heavy atom. The lowest BCUT2D eigenvalue weighted by Gasteiger charge is -2.29. The van der Waals surface area contributed by atoms with Crippen molar-refractivity contribution >= 4 is 0 Å². The normalized spacial score (nSPS) is 12.6. The Morgan fingerprint density at radius 3 is 2.20 bits per heavy atom. The Morgan fingerprint density at radius 2 is 1.60 bits per heavy atom. The van der Waals surface area contributed by atoms with Gasteiger partial charge in [-0.15, -0.1) is 0 Å². The van der Waals surface area contributed by atoms with Gasteiger partial charge in [-0.25, -0.2) is 4.39 Å². The third-order valence-electron chi connectivity index (χ3n) is 3.41. The van der Waals surface area contributed by atoms with Crippen LogP contribution in [0.5, 0.6) is 0 Å². The molecule has 2 aromatic rings. The molecule has 0 saturated heterocycles. The summed E-state index contributed by atoms with van der Waals surface area (Å²) in [5.74, 6) is -0.224. The number of benzene rings is 2. The van der Waals surface area contributed by atoms with Crippen molar-refractivity contribution in [3.8, 4) is 0 Å². The number of aliphatic hydroxyl groups is 1. The molecule has 0 spiro atoms. The van der Waals surface area contributed by atoms with E-state index in [2.05, 4.69) is 17.0 Å². The molecule has 1 unspecified atom stereocenters. The summed E-state index contributed by atoms with van der Waals surface area (Å²) in [5, 5.41) is 9.00. The molecule has 1 atom stereocenters. The smallest absolute Gasteiger partial charge is 0.123 e. The molecule has 0 radical (unpaired) electrons. The molecule has 3 heteroatoms. The first-order chi connectivity index (χ1) is 9.72. The molecular weight excluding hydrogens is 253 g/mol. The van der Waals surface area contributed by atoms with Crippen LogP contribution in [0.1, 0.15) is 23.6 Å². The molecule has 1 N–H and O–H groups in total. The summed E-state index contributed by atoms with van der Waals surface area (Å²) in [5.41, 5.74) is 2.22. The Kier molecular flexibility index (Phi) is 5.27. The Balaban J connectivity index is 2.31. The van der Waals surface area contributed by atoms with Gasteiger partial charge in [-0.3, -0.25) is 4.90 Å². The van der Waals surface area contributed by atoms with Gasteiger partial charge in [0.1, 0.15) is 5.82 Å². The molecule has 2 aromatic carbocycles. The second-order valence-electron chi connectivity index (χ2n) is 4.92. The van der Waals surface area contributed by atoms with Crippen molar-refractivity contribution in [2.24, 2.45) is 0 Å². The van der Waals surface area contributed by atoms with Gasteiger partial charge in [0.2, 0.25) is 0 Å². The molecule has 106 valence electrons. The van der Waals surface area contributed by atoms with Gasteiger partial charge in [-0.05, 0) is 36.7 Å². The van der Waals surface area contributed by atoms with Gasteiger partial charge in [0.05, 0.1) is 6.04 Å². The summed E-state index contributed by atoms with van der Waals surface area (Å²) in [6.45, 7) is 0.961. The van der Waals surface area contributed by atoms with Gasteiger partial charge < -0.3 is 5.11 Å². The van der Waals surface area contributed by atoms with Gasteiger partial charge in [0.25, 0.3) is 0 Å². The highest BCUT2D eigenvalue weighted by atomic mass is 19.1. The highest BCUT2D eigenvalue weighted by molar-refractivity contribution is 5.31. The third kappa shape index (κ3) is 3.65. The molecule has 0 aliphatic carbocycles. The fourth-order valence-corrected chi connectivity index (χ4v) is 2.43. The van der Waals surface area contributed by atoms with Crippen molar-refractivity contribution < 1.29 is 9.50 Å². The Bertz CT molecular complexity index is 512. The number of rotatable bonds is 6. The van der Waals surface area contributed by atoms with Crippen molar-refractivity contribution in [3.05, 3.63) is 71.5 Å². The van der Waals surface area contributed by atoms with Crippen LogP contribution in [0.2, 0.25) is 0 Å². The van der Waals surface area contributed by atoms with Crippen molar-refractivity contribution in [2.75, 3.05) is 20.2 Å². The summed E-state index contributed by atoms with van der Waals surface area (Å²) in [7, 11) is 2.02. The van der Waals surface area contributed by atoms with E-state index in [1.54, 1.807) is 0 Å². The summed E-state index contributed by atoms with van der Waals surface area (Å²) in [4.78, 5) is 2.18. The van der Waals surface area contributed by atoms with E-state index in [9.17, 15) is 4.39 Å². The number of aliphatic hydroxyl groups excluding tert-OH is 1. The van der Waals surface area contributed by atoms with E-state index in [1.807, 2.05) is 37.4 Å². The Labute approximate surface area is 119 Å². The minimum atomic E-state index is -0.224. The van der Waals surface area contributed by atoms with Gasteiger partial charge >= 0.3 is 0 Å². The highest BCUT2D eigenvalue weighted by Gasteiger charge is 2.18. The van der Waals surface area contributed by atoms with Gasteiger partial charge in [0.15, 0.2) is 0 Å². The zero-order valence-corrected chi connectivity index (χ0v) is 11.7. The second kappa shape index (κ2) is 7.17. The standard InChI is InChI=1S/C17H20FNO/c1-19(12-5-13-20)17(14-6-3-2-4-7-14)15-8-10-16(18)11-9-15/h2-4,6-11,17,20H,5,12-13H2,1H3. The molecule has 0 aliphatic heterocycles. The van der Waals surface area contributed by atoms with Crippen molar-refractivity contribution in [1.29, 1.82) is 0 Å². The molecular formula is C17H20FNO. The number of nitrogens with zero attached hydrogens (tertiary/aromatic N) is 1. The van der Waals surface area contributed by atoms with Crippen LogP contribution in [-0.4, -0.2) is 30.2 Å². The molecule has 2 nitrogen and oxygen atoms in total. The monoisotopic (exact) mass is 273 g/mol. The first-order valence-electron chi connectivity index (χ1n) is 6.84. The molecule has 0 saturated carbocycles. The lowest BCUT2D eigenvalue weighted by Crippen LogP contribution is -2.27. The summed E-state index contributed by atoms with van der Waals surface area (Å²) < 4.78 is 13.1. The predicted octanol–water partition coefficient (Wildman–Crippen LogP) is 3.23.